The van der Waals surface area contributed by atoms with E-state index in [0.717, 1.165) is 27.8 Å². The van der Waals surface area contributed by atoms with Crippen LogP contribution < -0.4 is 9.64 Å². The molecule has 4 aromatic carbocycles. The lowest BCUT2D eigenvalue weighted by Crippen LogP contribution is -2.31. The molecule has 0 spiro atoms. The SMILES string of the molecule is O=C(C1=C(O)C(=O)N(c2nnc(SCc3ccc(F)cc3)s2)C1c1ccc(OCc2ccccc2)cc1)c1cc2ccccc2o1. The van der Waals surface area contributed by atoms with Crippen LogP contribution >= 0.6 is 23.1 Å². The molecule has 0 radical (unpaired) electrons. The number of nitrogens with zero attached hydrogens (tertiary/aromatic N) is 3. The summed E-state index contributed by atoms with van der Waals surface area (Å²) in [5.41, 5.74) is 2.84. The van der Waals surface area contributed by atoms with Crippen molar-refractivity contribution in [1.82, 2.24) is 10.2 Å². The largest absolute Gasteiger partial charge is 0.503 e. The summed E-state index contributed by atoms with van der Waals surface area (Å²) < 4.78 is 25.7. The number of fused-ring (bicyclic) bond motifs is 1. The van der Waals surface area contributed by atoms with Gasteiger partial charge in [-0.2, -0.15) is 0 Å². The van der Waals surface area contributed by atoms with Crippen LogP contribution in [0.2, 0.25) is 0 Å². The molecule has 0 aliphatic carbocycles. The monoisotopic (exact) mass is 649 g/mol. The molecule has 0 bridgehead atoms. The summed E-state index contributed by atoms with van der Waals surface area (Å²) in [6.45, 7) is 0.369. The van der Waals surface area contributed by atoms with Crippen molar-refractivity contribution in [2.45, 2.75) is 22.7 Å². The van der Waals surface area contributed by atoms with E-state index in [4.69, 9.17) is 9.15 Å². The van der Waals surface area contributed by atoms with E-state index in [2.05, 4.69) is 10.2 Å². The number of thioether (sulfide) groups is 1. The van der Waals surface area contributed by atoms with E-state index in [1.54, 1.807) is 54.6 Å². The second kappa shape index (κ2) is 12.6. The highest BCUT2D eigenvalue weighted by Crippen LogP contribution is 2.44. The Hall–Kier alpha value is -5.26. The maximum Gasteiger partial charge on any atom is 0.296 e. The fourth-order valence-electron chi connectivity index (χ4n) is 5.15. The van der Waals surface area contributed by atoms with Gasteiger partial charge in [-0.15, -0.1) is 10.2 Å². The minimum absolute atomic E-state index is 0.00183. The Balaban J connectivity index is 1.20. The summed E-state index contributed by atoms with van der Waals surface area (Å²) in [7, 11) is 0. The molecular weight excluding hydrogens is 626 g/mol. The van der Waals surface area contributed by atoms with Gasteiger partial charge in [-0.25, -0.2) is 4.39 Å². The van der Waals surface area contributed by atoms with Gasteiger partial charge >= 0.3 is 0 Å². The molecule has 3 heterocycles. The van der Waals surface area contributed by atoms with Gasteiger partial charge in [0.25, 0.3) is 5.91 Å². The van der Waals surface area contributed by atoms with Crippen molar-refractivity contribution in [3.05, 3.63) is 149 Å². The Morgan fingerprint density at radius 3 is 2.43 bits per heavy atom. The number of ether oxygens (including phenoxy) is 1. The first-order valence-electron chi connectivity index (χ1n) is 14.2. The predicted molar refractivity (Wildman–Crippen MR) is 174 cm³/mol. The quantitative estimate of drug-likeness (QED) is 0.0902. The Bertz CT molecular complexity index is 2040. The molecule has 0 fully saturated rings. The van der Waals surface area contributed by atoms with E-state index < -0.39 is 23.5 Å². The van der Waals surface area contributed by atoms with Gasteiger partial charge in [0, 0.05) is 11.1 Å². The van der Waals surface area contributed by atoms with Crippen molar-refractivity contribution in [3.63, 3.8) is 0 Å². The van der Waals surface area contributed by atoms with Crippen LogP contribution in [0.15, 0.2) is 129 Å². The number of Topliss-reactive ketones (excluding diaryl/α,β-unsaturated/α-hetero) is 1. The molecule has 228 valence electrons. The normalized spacial score (nSPS) is 14.8. The molecule has 1 unspecified atom stereocenters. The molecule has 8 nitrogen and oxygen atoms in total. The first-order chi connectivity index (χ1) is 22.4. The maximum absolute atomic E-state index is 14.0. The number of ketones is 1. The number of aliphatic hydroxyl groups is 1. The van der Waals surface area contributed by atoms with Crippen LogP contribution in [-0.4, -0.2) is 27.0 Å². The fourth-order valence-corrected chi connectivity index (χ4v) is 6.97. The van der Waals surface area contributed by atoms with Crippen molar-refractivity contribution in [3.8, 4) is 5.75 Å². The minimum atomic E-state index is -1.01. The Kier molecular flexibility index (Phi) is 8.08. The van der Waals surface area contributed by atoms with Crippen LogP contribution in [0.4, 0.5) is 9.52 Å². The Labute approximate surface area is 270 Å². The van der Waals surface area contributed by atoms with Gasteiger partial charge in [0.2, 0.25) is 10.9 Å². The molecular formula is C35H24FN3O5S2. The van der Waals surface area contributed by atoms with E-state index in [9.17, 15) is 19.1 Å². The van der Waals surface area contributed by atoms with Gasteiger partial charge in [0.1, 0.15) is 23.8 Å². The van der Waals surface area contributed by atoms with E-state index in [1.807, 2.05) is 42.5 Å². The smallest absolute Gasteiger partial charge is 0.296 e. The minimum Gasteiger partial charge on any atom is -0.503 e. The molecule has 6 aromatic rings. The van der Waals surface area contributed by atoms with Crippen LogP contribution in [0.5, 0.6) is 5.75 Å². The lowest BCUT2D eigenvalue weighted by molar-refractivity contribution is -0.117. The van der Waals surface area contributed by atoms with Gasteiger partial charge < -0.3 is 14.3 Å². The number of rotatable bonds is 10. The summed E-state index contributed by atoms with van der Waals surface area (Å²) in [6, 6.07) is 30.7. The molecule has 2 aromatic heterocycles. The third kappa shape index (κ3) is 5.90. The molecule has 1 atom stereocenters. The zero-order chi connectivity index (χ0) is 31.6. The summed E-state index contributed by atoms with van der Waals surface area (Å²) in [6.07, 6.45) is 0. The number of halogens is 1. The van der Waals surface area contributed by atoms with Gasteiger partial charge in [0.05, 0.1) is 11.6 Å². The molecule has 46 heavy (non-hydrogen) atoms. The average molecular weight is 650 g/mol. The van der Waals surface area contributed by atoms with Gasteiger partial charge in [0.15, 0.2) is 15.9 Å². The zero-order valence-electron chi connectivity index (χ0n) is 24.0. The van der Waals surface area contributed by atoms with Crippen LogP contribution in [-0.2, 0) is 17.2 Å². The highest BCUT2D eigenvalue weighted by atomic mass is 32.2. The highest BCUT2D eigenvalue weighted by Gasteiger charge is 2.46. The van der Waals surface area contributed by atoms with Crippen molar-refractivity contribution < 1.29 is 28.2 Å². The van der Waals surface area contributed by atoms with Crippen molar-refractivity contribution in [1.29, 1.82) is 0 Å². The second-order valence-electron chi connectivity index (χ2n) is 10.4. The summed E-state index contributed by atoms with van der Waals surface area (Å²) in [4.78, 5) is 28.9. The van der Waals surface area contributed by atoms with E-state index in [0.29, 0.717) is 33.6 Å². The van der Waals surface area contributed by atoms with Crippen LogP contribution in [0.25, 0.3) is 11.0 Å². The third-order valence-corrected chi connectivity index (χ3v) is 9.55. The van der Waals surface area contributed by atoms with Crippen molar-refractivity contribution >= 4 is 50.9 Å². The van der Waals surface area contributed by atoms with Crippen LogP contribution in [0.3, 0.4) is 0 Å². The number of benzene rings is 4. The number of carbonyl (C=O) groups excluding carboxylic acids is 2. The Morgan fingerprint density at radius 1 is 0.935 bits per heavy atom. The summed E-state index contributed by atoms with van der Waals surface area (Å²) in [5.74, 6) is -1.29. The van der Waals surface area contributed by atoms with Crippen molar-refractivity contribution in [2.75, 3.05) is 4.90 Å². The molecule has 1 aliphatic heterocycles. The molecule has 7 rings (SSSR count). The third-order valence-electron chi connectivity index (χ3n) is 7.42. The number of aromatic nitrogens is 2. The van der Waals surface area contributed by atoms with Crippen LogP contribution in [0.1, 0.15) is 33.3 Å². The lowest BCUT2D eigenvalue weighted by Gasteiger charge is -2.24. The van der Waals surface area contributed by atoms with E-state index >= 15 is 0 Å². The summed E-state index contributed by atoms with van der Waals surface area (Å²) in [5, 5.41) is 20.6. The van der Waals surface area contributed by atoms with E-state index in [1.165, 1.54) is 28.8 Å². The highest BCUT2D eigenvalue weighted by molar-refractivity contribution is 8.00. The fraction of sp³-hybridized carbons (Fsp3) is 0.0857. The average Bonchev–Trinajstić information content (AvgIpc) is 3.80. The number of aliphatic hydroxyl groups excluding tert-OH is 1. The van der Waals surface area contributed by atoms with Gasteiger partial charge in [-0.1, -0.05) is 95.9 Å². The molecule has 1 N–H and O–H groups in total. The zero-order valence-corrected chi connectivity index (χ0v) is 25.6. The van der Waals surface area contributed by atoms with Crippen LogP contribution in [0, 0.1) is 5.82 Å². The standard InChI is InChI=1S/C35H24FN3O5S2/c36-25-14-10-22(11-15-25)20-45-35-38-37-34(46-35)39-30(23-12-16-26(17-13-23)43-19-21-6-2-1-3-7-21)29(32(41)33(39)42)31(40)28-18-24-8-4-5-9-27(24)44-28/h1-18,30,41H,19-20H2. The molecule has 0 saturated heterocycles. The lowest BCUT2D eigenvalue weighted by atomic mass is 9.95. The first-order valence-corrected chi connectivity index (χ1v) is 16.0. The first kappa shape index (κ1) is 29.5. The molecule has 11 heteroatoms. The number of hydrogen-bond donors (Lipinski definition) is 1. The maximum atomic E-state index is 14.0. The number of anilines is 1. The molecule has 0 saturated carbocycles. The number of para-hydroxylation sites is 1. The van der Waals surface area contributed by atoms with Gasteiger partial charge in [-0.05, 0) is 53.1 Å². The number of furan rings is 1. The number of amides is 1. The molecule has 1 aliphatic rings. The second-order valence-corrected chi connectivity index (χ2v) is 12.6. The summed E-state index contributed by atoms with van der Waals surface area (Å²) >= 11 is 2.53. The van der Waals surface area contributed by atoms with Gasteiger partial charge in [-0.3, -0.25) is 14.5 Å². The molecule has 1 amide bonds. The topological polar surface area (TPSA) is 106 Å². The predicted octanol–water partition coefficient (Wildman–Crippen LogP) is 8.08. The van der Waals surface area contributed by atoms with Crippen molar-refractivity contribution in [2.24, 2.45) is 0 Å². The number of hydrogen-bond acceptors (Lipinski definition) is 9. The van der Waals surface area contributed by atoms with E-state index in [-0.39, 0.29) is 22.3 Å². The Morgan fingerprint density at radius 2 is 1.67 bits per heavy atom. The number of carbonyl (C=O) groups is 2.